The maximum Gasteiger partial charge on any atom is 0.244 e. The highest BCUT2D eigenvalue weighted by Crippen LogP contribution is 2.24. The zero-order chi connectivity index (χ0) is 15.0. The molecule has 20 heavy (non-hydrogen) atoms. The van der Waals surface area contributed by atoms with Gasteiger partial charge in [0.05, 0.1) is 7.11 Å². The van der Waals surface area contributed by atoms with Crippen molar-refractivity contribution in [2.24, 2.45) is 0 Å². The lowest BCUT2D eigenvalue weighted by molar-refractivity contribution is 0.402. The first kappa shape index (κ1) is 16.9. The number of sulfonamides is 1. The molecule has 1 rings (SSSR count). The lowest BCUT2D eigenvalue weighted by Gasteiger charge is -2.12. The summed E-state index contributed by atoms with van der Waals surface area (Å²) in [5, 5.41) is 3.00. The van der Waals surface area contributed by atoms with Crippen molar-refractivity contribution in [2.45, 2.75) is 37.6 Å². The van der Waals surface area contributed by atoms with Gasteiger partial charge >= 0.3 is 0 Å². The molecule has 1 aromatic rings. The van der Waals surface area contributed by atoms with Crippen LogP contribution < -0.4 is 14.8 Å². The minimum Gasteiger partial charge on any atom is -0.495 e. The quantitative estimate of drug-likeness (QED) is 0.683. The average molecular weight is 300 g/mol. The van der Waals surface area contributed by atoms with Crippen molar-refractivity contribution in [2.75, 3.05) is 20.7 Å². The van der Waals surface area contributed by atoms with Gasteiger partial charge in [0, 0.05) is 13.1 Å². The van der Waals surface area contributed by atoms with Crippen LogP contribution in [-0.4, -0.2) is 29.1 Å². The molecular formula is C14H24N2O3S. The highest BCUT2D eigenvalue weighted by atomic mass is 32.2. The van der Waals surface area contributed by atoms with E-state index in [4.69, 9.17) is 4.74 Å². The first-order valence-electron chi connectivity index (χ1n) is 6.86. The van der Waals surface area contributed by atoms with Gasteiger partial charge in [-0.1, -0.05) is 25.8 Å². The first-order chi connectivity index (χ1) is 9.55. The third kappa shape index (κ3) is 4.77. The molecule has 0 aliphatic heterocycles. The van der Waals surface area contributed by atoms with Gasteiger partial charge in [0.2, 0.25) is 10.0 Å². The van der Waals surface area contributed by atoms with E-state index in [1.807, 2.05) is 13.1 Å². The Labute approximate surface area is 121 Å². The molecular weight excluding hydrogens is 276 g/mol. The maximum atomic E-state index is 12.3. The zero-order valence-corrected chi connectivity index (χ0v) is 13.2. The molecule has 114 valence electrons. The third-order valence-corrected chi connectivity index (χ3v) is 4.45. The molecule has 0 spiro atoms. The predicted molar refractivity (Wildman–Crippen MR) is 80.5 cm³/mol. The summed E-state index contributed by atoms with van der Waals surface area (Å²) in [6.07, 6.45) is 2.91. The Hall–Kier alpha value is -1.11. The Kier molecular flexibility index (Phi) is 6.98. The molecule has 0 saturated heterocycles. The second-order valence-corrected chi connectivity index (χ2v) is 6.36. The highest BCUT2D eigenvalue weighted by Gasteiger charge is 2.19. The van der Waals surface area contributed by atoms with Crippen molar-refractivity contribution >= 4 is 10.0 Å². The largest absolute Gasteiger partial charge is 0.495 e. The fourth-order valence-electron chi connectivity index (χ4n) is 1.90. The third-order valence-electron chi connectivity index (χ3n) is 2.97. The van der Waals surface area contributed by atoms with Gasteiger partial charge in [0.15, 0.2) is 0 Å². The molecule has 0 saturated carbocycles. The van der Waals surface area contributed by atoms with Crippen molar-refractivity contribution in [3.8, 4) is 5.75 Å². The molecule has 0 bridgehead atoms. The number of rotatable bonds is 9. The summed E-state index contributed by atoms with van der Waals surface area (Å²) >= 11 is 0. The van der Waals surface area contributed by atoms with Crippen LogP contribution in [0.2, 0.25) is 0 Å². The SMILES string of the molecule is CCCCCNS(=O)(=O)c1cc(CNC)ccc1OC. The lowest BCUT2D eigenvalue weighted by Crippen LogP contribution is -2.25. The number of ether oxygens (including phenoxy) is 1. The van der Waals surface area contributed by atoms with Gasteiger partial charge in [0.1, 0.15) is 10.6 Å². The average Bonchev–Trinajstić information content (AvgIpc) is 2.44. The number of nitrogens with one attached hydrogen (secondary N) is 2. The Balaban J connectivity index is 2.93. The number of benzene rings is 1. The molecule has 5 nitrogen and oxygen atoms in total. The standard InChI is InChI=1S/C14H24N2O3S/c1-4-5-6-9-16-20(17,18)14-10-12(11-15-2)7-8-13(14)19-3/h7-8,10,15-16H,4-6,9,11H2,1-3H3. The molecule has 1 aromatic carbocycles. The molecule has 0 heterocycles. The van der Waals surface area contributed by atoms with Gasteiger partial charge in [-0.15, -0.1) is 0 Å². The van der Waals surface area contributed by atoms with Crippen LogP contribution in [0.4, 0.5) is 0 Å². The van der Waals surface area contributed by atoms with Crippen molar-refractivity contribution in [1.82, 2.24) is 10.0 Å². The second kappa shape index (κ2) is 8.24. The number of hydrogen-bond acceptors (Lipinski definition) is 4. The molecule has 0 fully saturated rings. The molecule has 0 aliphatic rings. The van der Waals surface area contributed by atoms with Crippen LogP contribution in [0.15, 0.2) is 23.1 Å². The fourth-order valence-corrected chi connectivity index (χ4v) is 3.20. The van der Waals surface area contributed by atoms with Crippen LogP contribution in [0.1, 0.15) is 31.7 Å². The molecule has 0 unspecified atom stereocenters. The minimum absolute atomic E-state index is 0.198. The number of unbranched alkanes of at least 4 members (excludes halogenated alkanes) is 2. The summed E-state index contributed by atoms with van der Waals surface area (Å²) in [5.41, 5.74) is 0.905. The Morgan fingerprint density at radius 3 is 2.60 bits per heavy atom. The van der Waals surface area contributed by atoms with Gasteiger partial charge in [-0.05, 0) is 31.2 Å². The Morgan fingerprint density at radius 1 is 1.25 bits per heavy atom. The summed E-state index contributed by atoms with van der Waals surface area (Å²) in [5.74, 6) is 0.368. The van der Waals surface area contributed by atoms with Crippen molar-refractivity contribution < 1.29 is 13.2 Å². The summed E-state index contributed by atoms with van der Waals surface area (Å²) in [6.45, 7) is 3.15. The van der Waals surface area contributed by atoms with Gasteiger partial charge in [-0.25, -0.2) is 13.1 Å². The maximum absolute atomic E-state index is 12.3. The van der Waals surface area contributed by atoms with Crippen molar-refractivity contribution in [1.29, 1.82) is 0 Å². The van der Waals surface area contributed by atoms with Gasteiger partial charge in [-0.3, -0.25) is 0 Å². The van der Waals surface area contributed by atoms with Gasteiger partial charge in [-0.2, -0.15) is 0 Å². The molecule has 0 amide bonds. The van der Waals surface area contributed by atoms with E-state index >= 15 is 0 Å². The minimum atomic E-state index is -3.53. The Bertz CT molecular complexity index is 515. The monoisotopic (exact) mass is 300 g/mol. The summed E-state index contributed by atoms with van der Waals surface area (Å²) in [6, 6.07) is 5.19. The van der Waals surface area contributed by atoms with Crippen molar-refractivity contribution in [3.63, 3.8) is 0 Å². The van der Waals surface area contributed by atoms with E-state index in [0.29, 0.717) is 18.8 Å². The van der Waals surface area contributed by atoms with Crippen LogP contribution >= 0.6 is 0 Å². The molecule has 0 radical (unpaired) electrons. The zero-order valence-electron chi connectivity index (χ0n) is 12.4. The second-order valence-electron chi connectivity index (χ2n) is 4.62. The summed E-state index contributed by atoms with van der Waals surface area (Å²) < 4.78 is 32.4. The molecule has 0 atom stereocenters. The fraction of sp³-hybridized carbons (Fsp3) is 0.571. The van der Waals surface area contributed by atoms with Gasteiger partial charge in [0.25, 0.3) is 0 Å². The van der Waals surface area contributed by atoms with Gasteiger partial charge < -0.3 is 10.1 Å². The van der Waals surface area contributed by atoms with E-state index in [9.17, 15) is 8.42 Å². The van der Waals surface area contributed by atoms with Crippen LogP contribution in [-0.2, 0) is 16.6 Å². The van der Waals surface area contributed by atoms with E-state index in [-0.39, 0.29) is 4.90 Å². The van der Waals surface area contributed by atoms with E-state index in [2.05, 4.69) is 17.0 Å². The van der Waals surface area contributed by atoms with Crippen LogP contribution in [0.5, 0.6) is 5.75 Å². The van der Waals surface area contributed by atoms with Crippen LogP contribution in [0, 0.1) is 0 Å². The predicted octanol–water partition coefficient (Wildman–Crippen LogP) is 1.88. The van der Waals surface area contributed by atoms with Crippen LogP contribution in [0.25, 0.3) is 0 Å². The van der Waals surface area contributed by atoms with Crippen molar-refractivity contribution in [3.05, 3.63) is 23.8 Å². The first-order valence-corrected chi connectivity index (χ1v) is 8.34. The number of hydrogen-bond donors (Lipinski definition) is 2. The van der Waals surface area contributed by atoms with E-state index in [1.165, 1.54) is 7.11 Å². The molecule has 2 N–H and O–H groups in total. The topological polar surface area (TPSA) is 67.4 Å². The van der Waals surface area contributed by atoms with Crippen LogP contribution in [0.3, 0.4) is 0 Å². The lowest BCUT2D eigenvalue weighted by atomic mass is 10.2. The number of methoxy groups -OCH3 is 1. The normalized spacial score (nSPS) is 11.6. The Morgan fingerprint density at radius 2 is 2.00 bits per heavy atom. The summed E-state index contributed by atoms with van der Waals surface area (Å²) in [4.78, 5) is 0.198. The van der Waals surface area contributed by atoms with E-state index < -0.39 is 10.0 Å². The summed E-state index contributed by atoms with van der Waals surface area (Å²) in [7, 11) is -0.231. The molecule has 0 aromatic heterocycles. The molecule has 0 aliphatic carbocycles. The highest BCUT2D eigenvalue weighted by molar-refractivity contribution is 7.89. The molecule has 6 heteroatoms. The smallest absolute Gasteiger partial charge is 0.244 e. The van der Waals surface area contributed by atoms with E-state index in [1.54, 1.807) is 12.1 Å². The van der Waals surface area contributed by atoms with E-state index in [0.717, 1.165) is 24.8 Å².